The first-order valence-electron chi connectivity index (χ1n) is 3.80. The van der Waals surface area contributed by atoms with Gasteiger partial charge in [0.15, 0.2) is 12.4 Å². The van der Waals surface area contributed by atoms with E-state index in [2.05, 4.69) is 4.74 Å². The summed E-state index contributed by atoms with van der Waals surface area (Å²) in [5, 5.41) is 62.1. The van der Waals surface area contributed by atoms with E-state index in [0.717, 1.165) is 0 Å². The van der Waals surface area contributed by atoms with Crippen LogP contribution in [0.25, 0.3) is 0 Å². The molecule has 1 aliphatic heterocycles. The van der Waals surface area contributed by atoms with Gasteiger partial charge in [-0.3, -0.25) is 0 Å². The Morgan fingerprint density at radius 3 is 1.71 bits per heavy atom. The molecule has 5 unspecified atom stereocenters. The van der Waals surface area contributed by atoms with Crippen molar-refractivity contribution in [2.75, 3.05) is 0 Å². The summed E-state index contributed by atoms with van der Waals surface area (Å²) in [7, 11) is 0. The molecule has 0 saturated carbocycles. The lowest BCUT2D eigenvalue weighted by atomic mass is 9.97. The number of ether oxygens (including phenoxy) is 1. The van der Waals surface area contributed by atoms with E-state index in [1.165, 1.54) is 0 Å². The summed E-state index contributed by atoms with van der Waals surface area (Å²) in [4.78, 5) is 0. The van der Waals surface area contributed by atoms with Crippen molar-refractivity contribution in [2.24, 2.45) is 0 Å². The zero-order valence-corrected chi connectivity index (χ0v) is 6.93. The number of aliphatic hydroxyl groups excluding tert-OH is 4. The number of aliphatic hydroxyl groups is 7. The first-order chi connectivity index (χ1) is 6.25. The molecule has 1 saturated heterocycles. The van der Waals surface area contributed by atoms with Gasteiger partial charge in [-0.1, -0.05) is 0 Å². The lowest BCUT2D eigenvalue weighted by Gasteiger charge is -2.40. The van der Waals surface area contributed by atoms with Crippen LogP contribution in [0.1, 0.15) is 0 Å². The molecule has 1 heterocycles. The summed E-state index contributed by atoms with van der Waals surface area (Å²) in [6.45, 7) is 0. The maximum atomic E-state index is 9.14. The van der Waals surface area contributed by atoms with Crippen molar-refractivity contribution in [3.8, 4) is 0 Å². The Balaban J connectivity index is 2.81. The fourth-order valence-electron chi connectivity index (χ4n) is 1.18. The first-order valence-corrected chi connectivity index (χ1v) is 3.80. The Bertz CT molecular complexity index is 200. The van der Waals surface area contributed by atoms with Crippen molar-refractivity contribution < 1.29 is 40.5 Å². The van der Waals surface area contributed by atoms with Crippen molar-refractivity contribution >= 4 is 0 Å². The largest absolute Gasteiger partial charge is 0.387 e. The standard InChI is InChI=1S/C6H12O8/c7-1-2(8)4(6(11,12)13)14-5(10)3(1)9/h1-5,7-13H. The second-order valence-corrected chi connectivity index (χ2v) is 3.11. The third-order valence-electron chi connectivity index (χ3n) is 1.97. The maximum absolute atomic E-state index is 9.14. The highest BCUT2D eigenvalue weighted by Crippen LogP contribution is 2.24. The van der Waals surface area contributed by atoms with Gasteiger partial charge in [-0.25, -0.2) is 0 Å². The van der Waals surface area contributed by atoms with E-state index in [4.69, 9.17) is 35.7 Å². The molecule has 0 radical (unpaired) electrons. The van der Waals surface area contributed by atoms with Crippen LogP contribution >= 0.6 is 0 Å². The summed E-state index contributed by atoms with van der Waals surface area (Å²) >= 11 is 0. The fraction of sp³-hybridized carbons (Fsp3) is 1.00. The van der Waals surface area contributed by atoms with E-state index in [-0.39, 0.29) is 0 Å². The Hall–Kier alpha value is -0.320. The molecule has 1 fully saturated rings. The Morgan fingerprint density at radius 2 is 1.29 bits per heavy atom. The highest BCUT2D eigenvalue weighted by atomic mass is 16.7. The molecule has 0 amide bonds. The van der Waals surface area contributed by atoms with E-state index >= 15 is 0 Å². The van der Waals surface area contributed by atoms with Crippen LogP contribution in [0.4, 0.5) is 0 Å². The Morgan fingerprint density at radius 1 is 0.786 bits per heavy atom. The molecule has 0 aliphatic carbocycles. The second-order valence-electron chi connectivity index (χ2n) is 3.11. The van der Waals surface area contributed by atoms with E-state index in [1.54, 1.807) is 0 Å². The summed E-state index contributed by atoms with van der Waals surface area (Å²) in [6.07, 6.45) is -9.54. The van der Waals surface area contributed by atoms with Crippen LogP contribution < -0.4 is 0 Å². The van der Waals surface area contributed by atoms with E-state index in [0.29, 0.717) is 0 Å². The molecule has 0 bridgehead atoms. The normalized spacial score (nSPS) is 45.2. The van der Waals surface area contributed by atoms with Crippen LogP contribution in [0.3, 0.4) is 0 Å². The van der Waals surface area contributed by atoms with Gasteiger partial charge in [-0.05, 0) is 0 Å². The van der Waals surface area contributed by atoms with E-state index in [1.807, 2.05) is 0 Å². The monoisotopic (exact) mass is 212 g/mol. The van der Waals surface area contributed by atoms with Crippen LogP contribution in [-0.2, 0) is 4.74 Å². The molecule has 84 valence electrons. The molecule has 1 rings (SSSR count). The second kappa shape index (κ2) is 3.68. The van der Waals surface area contributed by atoms with Gasteiger partial charge >= 0.3 is 5.97 Å². The Labute approximate surface area is 78.2 Å². The minimum Gasteiger partial charge on any atom is -0.387 e. The summed E-state index contributed by atoms with van der Waals surface area (Å²) in [5.41, 5.74) is 0. The van der Waals surface area contributed by atoms with Gasteiger partial charge in [0.05, 0.1) is 0 Å². The molecule has 0 aromatic rings. The molecular weight excluding hydrogens is 200 g/mol. The lowest BCUT2D eigenvalue weighted by Crippen LogP contribution is -2.64. The van der Waals surface area contributed by atoms with Crippen molar-refractivity contribution in [3.63, 3.8) is 0 Å². The molecule has 8 nitrogen and oxygen atoms in total. The molecule has 5 atom stereocenters. The molecule has 0 aromatic carbocycles. The van der Waals surface area contributed by atoms with Gasteiger partial charge in [-0.15, -0.1) is 0 Å². The SMILES string of the molecule is OC1OC(C(O)(O)O)C(O)C(O)C1O. The average Bonchev–Trinajstić information content (AvgIpc) is 2.06. The minimum atomic E-state index is -3.42. The van der Waals surface area contributed by atoms with Crippen LogP contribution in [0, 0.1) is 0 Å². The van der Waals surface area contributed by atoms with Crippen molar-refractivity contribution in [2.45, 2.75) is 36.7 Å². The third kappa shape index (κ3) is 2.02. The molecule has 1 aliphatic rings. The lowest BCUT2D eigenvalue weighted by molar-refractivity contribution is -0.414. The molecule has 14 heavy (non-hydrogen) atoms. The van der Waals surface area contributed by atoms with Crippen LogP contribution in [0.2, 0.25) is 0 Å². The van der Waals surface area contributed by atoms with Gasteiger partial charge in [-0.2, -0.15) is 0 Å². The van der Waals surface area contributed by atoms with Crippen LogP contribution in [0.5, 0.6) is 0 Å². The van der Waals surface area contributed by atoms with Gasteiger partial charge in [0, 0.05) is 0 Å². The van der Waals surface area contributed by atoms with Crippen LogP contribution in [-0.4, -0.2) is 72.4 Å². The summed E-state index contributed by atoms with van der Waals surface area (Å²) in [5.74, 6) is -3.42. The highest BCUT2D eigenvalue weighted by Gasteiger charge is 2.51. The Kier molecular flexibility index (Phi) is 3.09. The molecule has 0 aromatic heterocycles. The number of rotatable bonds is 1. The topological polar surface area (TPSA) is 151 Å². The first kappa shape index (κ1) is 11.8. The van der Waals surface area contributed by atoms with Gasteiger partial charge in [0.25, 0.3) is 0 Å². The predicted octanol–water partition coefficient (Wildman–Crippen LogP) is -4.58. The number of hydrogen-bond donors (Lipinski definition) is 7. The fourth-order valence-corrected chi connectivity index (χ4v) is 1.18. The van der Waals surface area contributed by atoms with Crippen LogP contribution in [0.15, 0.2) is 0 Å². The van der Waals surface area contributed by atoms with E-state index < -0.39 is 36.7 Å². The maximum Gasteiger partial charge on any atom is 0.306 e. The molecule has 0 spiro atoms. The summed E-state index contributed by atoms with van der Waals surface area (Å²) < 4.78 is 4.29. The van der Waals surface area contributed by atoms with Gasteiger partial charge < -0.3 is 40.5 Å². The third-order valence-corrected chi connectivity index (χ3v) is 1.97. The predicted molar refractivity (Wildman–Crippen MR) is 38.3 cm³/mol. The zero-order valence-electron chi connectivity index (χ0n) is 6.93. The van der Waals surface area contributed by atoms with Gasteiger partial charge in [0.2, 0.25) is 0 Å². The van der Waals surface area contributed by atoms with Crippen molar-refractivity contribution in [1.29, 1.82) is 0 Å². The molecular formula is C6H12O8. The van der Waals surface area contributed by atoms with Crippen molar-refractivity contribution in [3.05, 3.63) is 0 Å². The average molecular weight is 212 g/mol. The van der Waals surface area contributed by atoms with E-state index in [9.17, 15) is 0 Å². The summed E-state index contributed by atoms with van der Waals surface area (Å²) in [6, 6.07) is 0. The number of hydrogen-bond acceptors (Lipinski definition) is 8. The zero-order chi connectivity index (χ0) is 11.1. The quantitative estimate of drug-likeness (QED) is 0.214. The molecule has 7 N–H and O–H groups in total. The van der Waals surface area contributed by atoms with Gasteiger partial charge in [0.1, 0.15) is 18.3 Å². The highest BCUT2D eigenvalue weighted by molar-refractivity contribution is 4.91. The molecule has 8 heteroatoms. The smallest absolute Gasteiger partial charge is 0.306 e. The minimum absolute atomic E-state index is 1.79. The van der Waals surface area contributed by atoms with Crippen molar-refractivity contribution in [1.82, 2.24) is 0 Å².